The fraction of sp³-hybridized carbons (Fsp3) is 0.593. The van der Waals surface area contributed by atoms with Crippen LogP contribution in [0.5, 0.6) is 0 Å². The van der Waals surface area contributed by atoms with E-state index in [-0.39, 0.29) is 23.6 Å². The zero-order valence-electron chi connectivity index (χ0n) is 20.7. The number of benzene rings is 1. The molecule has 192 valence electrons. The van der Waals surface area contributed by atoms with E-state index in [4.69, 9.17) is 9.84 Å². The molecule has 8 nitrogen and oxygen atoms in total. The first-order chi connectivity index (χ1) is 17.6. The Balaban J connectivity index is 1.31. The van der Waals surface area contributed by atoms with Gasteiger partial charge >= 0.3 is 0 Å². The Morgan fingerprint density at radius 3 is 2.58 bits per heavy atom. The lowest BCUT2D eigenvalue weighted by molar-refractivity contribution is -0.131. The monoisotopic (exact) mass is 510 g/mol. The first-order valence-electron chi connectivity index (χ1n) is 13.3. The number of aromatic nitrogens is 2. The van der Waals surface area contributed by atoms with Crippen LogP contribution in [0.15, 0.2) is 29.2 Å². The summed E-state index contributed by atoms with van der Waals surface area (Å²) in [4.78, 5) is 31.2. The number of rotatable bonds is 4. The summed E-state index contributed by atoms with van der Waals surface area (Å²) in [5.41, 5.74) is 2.96. The van der Waals surface area contributed by atoms with Crippen LogP contribution in [0.3, 0.4) is 0 Å². The lowest BCUT2D eigenvalue weighted by Crippen LogP contribution is -2.41. The van der Waals surface area contributed by atoms with Crippen LogP contribution in [0.25, 0.3) is 11.3 Å². The van der Waals surface area contributed by atoms with Gasteiger partial charge in [-0.05, 0) is 31.2 Å². The number of carbonyl (C=O) groups is 2. The minimum absolute atomic E-state index is 0.000105. The van der Waals surface area contributed by atoms with Crippen LogP contribution in [-0.4, -0.2) is 75.0 Å². The number of likely N-dealkylation sites (tertiary alicyclic amines) is 1. The van der Waals surface area contributed by atoms with Crippen LogP contribution >= 0.6 is 0 Å². The van der Waals surface area contributed by atoms with E-state index in [1.165, 1.54) is 19.3 Å². The Hall–Kier alpha value is -2.52. The lowest BCUT2D eigenvalue weighted by Gasteiger charge is -2.26. The summed E-state index contributed by atoms with van der Waals surface area (Å²) >= 11 is 0. The molecule has 1 aromatic heterocycles. The average molecular weight is 511 g/mol. The molecule has 0 spiro atoms. The third-order valence-corrected chi connectivity index (χ3v) is 9.62. The molecular weight excluding hydrogens is 476 g/mol. The molecule has 0 N–H and O–H groups in total. The second-order valence-corrected chi connectivity index (χ2v) is 11.9. The highest BCUT2D eigenvalue weighted by Crippen LogP contribution is 2.41. The molecule has 1 aromatic carbocycles. The van der Waals surface area contributed by atoms with Gasteiger partial charge in [-0.1, -0.05) is 37.5 Å². The molecule has 0 radical (unpaired) electrons. The summed E-state index contributed by atoms with van der Waals surface area (Å²) in [6, 6.07) is 7.74. The van der Waals surface area contributed by atoms with Crippen molar-refractivity contribution in [3.63, 3.8) is 0 Å². The van der Waals surface area contributed by atoms with Crippen molar-refractivity contribution in [1.82, 2.24) is 19.6 Å². The molecule has 9 heteroatoms. The van der Waals surface area contributed by atoms with Crippen LogP contribution in [0.2, 0.25) is 0 Å². The van der Waals surface area contributed by atoms with Crippen molar-refractivity contribution in [2.24, 2.45) is 5.92 Å². The van der Waals surface area contributed by atoms with Gasteiger partial charge in [0.15, 0.2) is 5.69 Å². The smallest absolute Gasteiger partial charge is 0.274 e. The van der Waals surface area contributed by atoms with Gasteiger partial charge in [0.05, 0.1) is 41.5 Å². The topological polar surface area (TPSA) is 84.7 Å². The van der Waals surface area contributed by atoms with Crippen molar-refractivity contribution >= 4 is 22.6 Å². The predicted molar refractivity (Wildman–Crippen MR) is 136 cm³/mol. The molecule has 1 saturated carbocycles. The second kappa shape index (κ2) is 10.1. The molecule has 3 fully saturated rings. The molecule has 0 bridgehead atoms. The lowest BCUT2D eigenvalue weighted by atomic mass is 9.87. The largest absolute Gasteiger partial charge is 0.378 e. The predicted octanol–water partition coefficient (Wildman–Crippen LogP) is 3.39. The number of morpholine rings is 1. The Kier molecular flexibility index (Phi) is 6.69. The van der Waals surface area contributed by atoms with E-state index in [0.717, 1.165) is 41.0 Å². The third kappa shape index (κ3) is 4.41. The molecule has 2 atom stereocenters. The maximum absolute atomic E-state index is 13.5. The van der Waals surface area contributed by atoms with Crippen LogP contribution < -0.4 is 0 Å². The highest BCUT2D eigenvalue weighted by atomic mass is 32.2. The van der Waals surface area contributed by atoms with Crippen LogP contribution in [-0.2, 0) is 26.1 Å². The molecule has 4 aliphatic rings. The molecule has 2 unspecified atom stereocenters. The molecule has 1 aliphatic carbocycles. The summed E-state index contributed by atoms with van der Waals surface area (Å²) in [5.74, 6) is 0.932. The minimum atomic E-state index is -1.23. The van der Waals surface area contributed by atoms with Crippen LogP contribution in [0.1, 0.15) is 67.0 Å². The van der Waals surface area contributed by atoms with Gasteiger partial charge in [-0.2, -0.15) is 5.10 Å². The van der Waals surface area contributed by atoms with Gasteiger partial charge in [0.25, 0.3) is 5.91 Å². The molecule has 3 aliphatic heterocycles. The number of nitrogens with zero attached hydrogens (tertiary/aromatic N) is 4. The van der Waals surface area contributed by atoms with E-state index < -0.39 is 10.8 Å². The van der Waals surface area contributed by atoms with Crippen molar-refractivity contribution in [2.45, 2.75) is 61.6 Å². The zero-order chi connectivity index (χ0) is 24.6. The van der Waals surface area contributed by atoms with Gasteiger partial charge in [-0.25, -0.2) is 0 Å². The molecule has 4 heterocycles. The SMILES string of the molecule is O=C(CC1CCCCC1)N1CCC(n2nc(C(=O)N3CCOCC3)c3c2-c2ccccc2S(=O)C3)C1. The Bertz CT molecular complexity index is 1180. The first-order valence-corrected chi connectivity index (χ1v) is 14.7. The standard InChI is InChI=1S/C27H34N4O4S/c32-24(16-19-6-2-1-3-7-19)30-11-10-20(17-30)31-26-21-8-4-5-9-23(21)36(34)18-22(26)25(28-31)27(33)29-12-14-35-15-13-29/h4-5,8-9,19-20H,1-3,6-7,10-18H2. The number of fused-ring (bicyclic) bond motifs is 3. The van der Waals surface area contributed by atoms with Gasteiger partial charge in [-0.15, -0.1) is 0 Å². The van der Waals surface area contributed by atoms with Gasteiger partial charge in [0.2, 0.25) is 5.91 Å². The van der Waals surface area contributed by atoms with Gasteiger partial charge < -0.3 is 14.5 Å². The summed E-state index contributed by atoms with van der Waals surface area (Å²) in [7, 11) is -1.23. The van der Waals surface area contributed by atoms with Crippen LogP contribution in [0, 0.1) is 5.92 Å². The van der Waals surface area contributed by atoms with Crippen molar-refractivity contribution in [3.05, 3.63) is 35.5 Å². The summed E-state index contributed by atoms with van der Waals surface area (Å²) in [5, 5.41) is 4.90. The number of hydrogen-bond donors (Lipinski definition) is 0. The summed E-state index contributed by atoms with van der Waals surface area (Å²) < 4.78 is 20.5. The first kappa shape index (κ1) is 23.9. The molecular formula is C27H34N4O4S. The highest BCUT2D eigenvalue weighted by molar-refractivity contribution is 7.84. The maximum atomic E-state index is 13.5. The molecule has 36 heavy (non-hydrogen) atoms. The van der Waals surface area contributed by atoms with Gasteiger partial charge in [0, 0.05) is 48.6 Å². The molecule has 2 aromatic rings. The van der Waals surface area contributed by atoms with E-state index in [2.05, 4.69) is 0 Å². The minimum Gasteiger partial charge on any atom is -0.378 e. The van der Waals surface area contributed by atoms with E-state index in [1.807, 2.05) is 33.8 Å². The Morgan fingerprint density at radius 1 is 1.00 bits per heavy atom. The average Bonchev–Trinajstić information content (AvgIpc) is 3.55. The van der Waals surface area contributed by atoms with Crippen molar-refractivity contribution in [1.29, 1.82) is 0 Å². The summed E-state index contributed by atoms with van der Waals surface area (Å²) in [6.07, 6.45) is 7.54. The number of amides is 2. The summed E-state index contributed by atoms with van der Waals surface area (Å²) in [6.45, 7) is 3.43. The molecule has 2 amide bonds. The Morgan fingerprint density at radius 2 is 1.78 bits per heavy atom. The highest BCUT2D eigenvalue weighted by Gasteiger charge is 2.37. The van der Waals surface area contributed by atoms with Crippen LogP contribution in [0.4, 0.5) is 0 Å². The molecule has 2 saturated heterocycles. The zero-order valence-corrected chi connectivity index (χ0v) is 21.5. The molecule has 6 rings (SSSR count). The van der Waals surface area contributed by atoms with Gasteiger partial charge in [-0.3, -0.25) is 18.5 Å². The van der Waals surface area contributed by atoms with E-state index >= 15 is 0 Å². The fourth-order valence-corrected chi connectivity index (χ4v) is 7.58. The number of carbonyl (C=O) groups excluding carboxylic acids is 2. The van der Waals surface area contributed by atoms with E-state index in [1.54, 1.807) is 4.90 Å². The van der Waals surface area contributed by atoms with Crippen molar-refractivity contribution in [2.75, 3.05) is 39.4 Å². The third-order valence-electron chi connectivity index (χ3n) is 8.22. The number of ether oxygens (including phenoxy) is 1. The fourth-order valence-electron chi connectivity index (χ4n) is 6.25. The van der Waals surface area contributed by atoms with Crippen molar-refractivity contribution in [3.8, 4) is 11.3 Å². The van der Waals surface area contributed by atoms with E-state index in [9.17, 15) is 13.8 Å². The quantitative estimate of drug-likeness (QED) is 0.630. The normalized spacial score (nSPS) is 24.4. The van der Waals surface area contributed by atoms with Gasteiger partial charge in [0.1, 0.15) is 0 Å². The second-order valence-electron chi connectivity index (χ2n) is 10.5. The Labute approximate surface area is 214 Å². The number of hydrogen-bond acceptors (Lipinski definition) is 5. The maximum Gasteiger partial charge on any atom is 0.274 e. The van der Waals surface area contributed by atoms with E-state index in [0.29, 0.717) is 57.4 Å². The van der Waals surface area contributed by atoms with Crippen molar-refractivity contribution < 1.29 is 18.5 Å².